The van der Waals surface area contributed by atoms with E-state index < -0.39 is 23.7 Å². The summed E-state index contributed by atoms with van der Waals surface area (Å²) in [6, 6.07) is 18.6. The maximum Gasteiger partial charge on any atom is 0.357 e. The zero-order valence-electron chi connectivity index (χ0n) is 23.8. The van der Waals surface area contributed by atoms with Crippen LogP contribution < -0.4 is 10.3 Å². The molecule has 1 unspecified atom stereocenters. The van der Waals surface area contributed by atoms with Crippen LogP contribution in [0.1, 0.15) is 40.0 Å². The van der Waals surface area contributed by atoms with Gasteiger partial charge >= 0.3 is 5.97 Å². The van der Waals surface area contributed by atoms with Crippen LogP contribution in [-0.2, 0) is 9.63 Å². The number of hydroxylamine groups is 2. The van der Waals surface area contributed by atoms with Crippen LogP contribution >= 0.6 is 0 Å². The van der Waals surface area contributed by atoms with Crippen LogP contribution in [0, 0.1) is 5.82 Å². The summed E-state index contributed by atoms with van der Waals surface area (Å²) in [6.45, 7) is 1.38. The van der Waals surface area contributed by atoms with E-state index in [0.29, 0.717) is 29.3 Å². The number of hydrogen-bond donors (Lipinski definition) is 1. The Hall–Kier alpha value is -5.10. The summed E-state index contributed by atoms with van der Waals surface area (Å²) in [5, 5.41) is 8.68. The highest BCUT2D eigenvalue weighted by atomic mass is 19.1. The normalized spacial score (nSPS) is 17.3. The Labute approximate surface area is 251 Å². The Bertz CT molecular complexity index is 1760. The van der Waals surface area contributed by atoms with E-state index in [-0.39, 0.29) is 54.8 Å². The van der Waals surface area contributed by atoms with Crippen molar-refractivity contribution in [1.29, 1.82) is 0 Å². The molecule has 0 spiro atoms. The second kappa shape index (κ2) is 12.6. The van der Waals surface area contributed by atoms with E-state index in [1.165, 1.54) is 22.1 Å². The van der Waals surface area contributed by atoms with E-state index in [1.807, 2.05) is 0 Å². The molecule has 2 aliphatic rings. The van der Waals surface area contributed by atoms with Crippen LogP contribution in [0.3, 0.4) is 0 Å². The van der Waals surface area contributed by atoms with Crippen molar-refractivity contribution in [3.8, 4) is 11.6 Å². The van der Waals surface area contributed by atoms with Gasteiger partial charge in [0.25, 0.3) is 11.5 Å². The summed E-state index contributed by atoms with van der Waals surface area (Å²) in [7, 11) is 0. The number of piperazine rings is 1. The lowest BCUT2D eigenvalue weighted by Crippen LogP contribution is -2.57. The first kappa shape index (κ1) is 29.0. The number of carbonyl (C=O) groups is 3. The molecule has 1 aromatic heterocycles. The Morgan fingerprint density at radius 1 is 0.841 bits per heavy atom. The van der Waals surface area contributed by atoms with Gasteiger partial charge in [0.2, 0.25) is 11.8 Å². The number of benzene rings is 3. The number of amides is 2. The Kier molecular flexibility index (Phi) is 8.33. The van der Waals surface area contributed by atoms with Crippen molar-refractivity contribution < 1.29 is 28.3 Å². The van der Waals surface area contributed by atoms with Gasteiger partial charge in [-0.3, -0.25) is 14.4 Å². The number of nitrogens with zero attached hydrogens (tertiary/aromatic N) is 4. The van der Waals surface area contributed by atoms with Crippen LogP contribution in [0.25, 0.3) is 10.8 Å². The lowest BCUT2D eigenvalue weighted by molar-refractivity contribution is -0.174. The fourth-order valence-corrected chi connectivity index (χ4v) is 5.52. The molecular formula is C32H30FN5O6. The van der Waals surface area contributed by atoms with E-state index in [2.05, 4.69) is 10.2 Å². The molecule has 1 atom stereocenters. The maximum atomic E-state index is 14.9. The minimum absolute atomic E-state index is 0.114. The molecule has 12 heteroatoms. The fraction of sp³-hybridized carbons (Fsp3) is 0.281. The van der Waals surface area contributed by atoms with Gasteiger partial charge in [-0.1, -0.05) is 30.3 Å². The Morgan fingerprint density at radius 2 is 1.55 bits per heavy atom. The molecule has 6 rings (SSSR count). The maximum absolute atomic E-state index is 14.9. The van der Waals surface area contributed by atoms with Gasteiger partial charge in [0.1, 0.15) is 17.6 Å². The molecule has 0 radical (unpaired) electrons. The summed E-state index contributed by atoms with van der Waals surface area (Å²) in [4.78, 5) is 60.4. The number of halogens is 1. The first-order valence-electron chi connectivity index (χ1n) is 14.5. The highest BCUT2D eigenvalue weighted by Crippen LogP contribution is 2.28. The van der Waals surface area contributed by atoms with Crippen LogP contribution in [0.15, 0.2) is 77.6 Å². The first-order valence-corrected chi connectivity index (χ1v) is 14.5. The van der Waals surface area contributed by atoms with E-state index >= 15 is 0 Å². The molecule has 11 nitrogen and oxygen atoms in total. The number of carbonyl (C=O) groups excluding carboxylic acids is 3. The van der Waals surface area contributed by atoms with Crippen LogP contribution in [0.5, 0.6) is 11.6 Å². The van der Waals surface area contributed by atoms with Crippen LogP contribution in [-0.4, -0.2) is 81.6 Å². The lowest BCUT2D eigenvalue weighted by Gasteiger charge is -2.39. The molecule has 0 saturated carbocycles. The molecule has 44 heavy (non-hydrogen) atoms. The summed E-state index contributed by atoms with van der Waals surface area (Å²) in [5.41, 5.74) is -0.145. The van der Waals surface area contributed by atoms with E-state index in [4.69, 9.17) is 9.57 Å². The van der Waals surface area contributed by atoms with E-state index in [0.717, 1.165) is 18.9 Å². The minimum Gasteiger partial charge on any atom is -0.437 e. The molecule has 0 aliphatic carbocycles. The van der Waals surface area contributed by atoms with Crippen molar-refractivity contribution in [2.24, 2.45) is 0 Å². The predicted octanol–water partition coefficient (Wildman–Crippen LogP) is 3.77. The summed E-state index contributed by atoms with van der Waals surface area (Å²) in [5.74, 6) is -1.63. The minimum atomic E-state index is -0.710. The Morgan fingerprint density at radius 3 is 2.32 bits per heavy atom. The van der Waals surface area contributed by atoms with Crippen molar-refractivity contribution >= 4 is 28.6 Å². The second-order valence-corrected chi connectivity index (χ2v) is 10.7. The molecule has 3 aromatic carbocycles. The SMILES string of the molecule is O=C(ON1CCCCC1C(=O)N1CCN(C(=O)c2cc(Oc3n[nH]c(=O)c4ccccc34)ccc2F)CC1)c1ccccc1. The molecule has 226 valence electrons. The van der Waals surface area contributed by atoms with E-state index in [9.17, 15) is 23.6 Å². The molecular weight excluding hydrogens is 569 g/mol. The van der Waals surface area contributed by atoms with Gasteiger partial charge in [-0.05, 0) is 61.7 Å². The predicted molar refractivity (Wildman–Crippen MR) is 158 cm³/mol. The van der Waals surface area contributed by atoms with Gasteiger partial charge in [-0.25, -0.2) is 14.3 Å². The van der Waals surface area contributed by atoms with Gasteiger partial charge in [-0.15, -0.1) is 10.2 Å². The largest absolute Gasteiger partial charge is 0.437 e. The average molecular weight is 600 g/mol. The van der Waals surface area contributed by atoms with Crippen molar-refractivity contribution in [2.45, 2.75) is 25.3 Å². The average Bonchev–Trinajstić information content (AvgIpc) is 3.07. The van der Waals surface area contributed by atoms with Crippen LogP contribution in [0.4, 0.5) is 4.39 Å². The van der Waals surface area contributed by atoms with Crippen molar-refractivity contribution in [3.63, 3.8) is 0 Å². The van der Waals surface area contributed by atoms with Gasteiger partial charge in [0.05, 0.1) is 21.9 Å². The number of hydrogen-bond acceptors (Lipinski definition) is 8. The number of aromatic nitrogens is 2. The number of aromatic amines is 1. The third kappa shape index (κ3) is 6.02. The number of fused-ring (bicyclic) bond motifs is 1. The third-order valence-electron chi connectivity index (χ3n) is 7.87. The van der Waals surface area contributed by atoms with Crippen molar-refractivity contribution in [1.82, 2.24) is 25.1 Å². The number of H-pyrrole nitrogens is 1. The number of nitrogens with one attached hydrogen (secondary N) is 1. The molecule has 2 fully saturated rings. The number of piperidine rings is 1. The Balaban J connectivity index is 1.10. The molecule has 1 N–H and O–H groups in total. The van der Waals surface area contributed by atoms with Crippen LogP contribution in [0.2, 0.25) is 0 Å². The summed E-state index contributed by atoms with van der Waals surface area (Å²) >= 11 is 0. The van der Waals surface area contributed by atoms with Gasteiger partial charge in [0, 0.05) is 32.7 Å². The standard InChI is InChI=1S/C32H30FN5O6/c33-26-14-13-22(43-29-24-11-5-4-10-23(24)28(39)34-35-29)20-25(26)30(40)36-16-18-37(19-17-36)31(41)27-12-6-7-15-38(27)44-32(42)21-8-2-1-3-9-21/h1-5,8-11,13-14,20,27H,6-7,12,15-19H2,(H,34,39). The van der Waals surface area contributed by atoms with Gasteiger partial charge in [0.15, 0.2) is 0 Å². The van der Waals surface area contributed by atoms with Crippen molar-refractivity contribution in [2.75, 3.05) is 32.7 Å². The molecule has 2 amide bonds. The topological polar surface area (TPSA) is 125 Å². The second-order valence-electron chi connectivity index (χ2n) is 10.7. The third-order valence-corrected chi connectivity index (χ3v) is 7.87. The van der Waals surface area contributed by atoms with Crippen molar-refractivity contribution in [3.05, 3.63) is 100 Å². The highest BCUT2D eigenvalue weighted by Gasteiger charge is 2.36. The monoisotopic (exact) mass is 599 g/mol. The smallest absolute Gasteiger partial charge is 0.357 e. The first-order chi connectivity index (χ1) is 21.4. The summed E-state index contributed by atoms with van der Waals surface area (Å²) < 4.78 is 20.7. The fourth-order valence-electron chi connectivity index (χ4n) is 5.52. The van der Waals surface area contributed by atoms with Gasteiger partial charge in [-0.2, -0.15) is 0 Å². The van der Waals surface area contributed by atoms with E-state index in [1.54, 1.807) is 59.5 Å². The molecule has 4 aromatic rings. The molecule has 2 aliphatic heterocycles. The molecule has 0 bridgehead atoms. The quantitative estimate of drug-likeness (QED) is 0.355. The number of ether oxygens (including phenoxy) is 1. The van der Waals surface area contributed by atoms with Gasteiger partial charge < -0.3 is 19.4 Å². The molecule has 2 saturated heterocycles. The zero-order valence-corrected chi connectivity index (χ0v) is 23.8. The highest BCUT2D eigenvalue weighted by molar-refractivity contribution is 5.95. The lowest BCUT2D eigenvalue weighted by atomic mass is 10.0. The summed E-state index contributed by atoms with van der Waals surface area (Å²) in [6.07, 6.45) is 2.19. The zero-order chi connectivity index (χ0) is 30.6. The molecule has 3 heterocycles. The number of rotatable bonds is 6.